The van der Waals surface area contributed by atoms with E-state index < -0.39 is 11.9 Å². The fourth-order valence-electron chi connectivity index (χ4n) is 0.701. The Morgan fingerprint density at radius 1 is 1.80 bits per heavy atom. The van der Waals surface area contributed by atoms with Gasteiger partial charge in [-0.15, -0.1) is 0 Å². The third kappa shape index (κ3) is 2.48. The minimum absolute atomic E-state index is 0.255. The molecule has 0 bridgehead atoms. The molecule has 0 fully saturated rings. The standard InChI is InChI=1S/C6H12N2O2/c1-2-3-4(5(7)8)6(9)10/h4H,2-3H2,1H3,(H3,7,8)(H,9,10). The molecule has 0 saturated heterocycles. The van der Waals surface area contributed by atoms with Crippen LogP contribution in [0.25, 0.3) is 0 Å². The number of amidine groups is 1. The maximum Gasteiger partial charge on any atom is 0.314 e. The van der Waals surface area contributed by atoms with Gasteiger partial charge in [0, 0.05) is 0 Å². The smallest absolute Gasteiger partial charge is 0.314 e. The van der Waals surface area contributed by atoms with Gasteiger partial charge in [0.2, 0.25) is 0 Å². The second-order valence-corrected chi connectivity index (χ2v) is 2.13. The number of nitrogens with two attached hydrogens (primary N) is 1. The van der Waals surface area contributed by atoms with Gasteiger partial charge in [0.05, 0.1) is 0 Å². The summed E-state index contributed by atoms with van der Waals surface area (Å²) in [7, 11) is 0. The molecular weight excluding hydrogens is 132 g/mol. The van der Waals surface area contributed by atoms with Crippen molar-refractivity contribution >= 4 is 11.8 Å². The zero-order valence-corrected chi connectivity index (χ0v) is 5.92. The molecule has 0 aromatic heterocycles. The molecule has 0 aliphatic carbocycles. The molecule has 10 heavy (non-hydrogen) atoms. The monoisotopic (exact) mass is 144 g/mol. The van der Waals surface area contributed by atoms with Crippen LogP contribution in [0.5, 0.6) is 0 Å². The van der Waals surface area contributed by atoms with E-state index in [4.69, 9.17) is 16.2 Å². The molecule has 0 aromatic rings. The van der Waals surface area contributed by atoms with Crippen LogP contribution in [-0.4, -0.2) is 16.9 Å². The highest BCUT2D eigenvalue weighted by atomic mass is 16.4. The predicted octanol–water partition coefficient (Wildman–Crippen LogP) is 0.423. The van der Waals surface area contributed by atoms with Crippen LogP contribution in [0.1, 0.15) is 19.8 Å². The summed E-state index contributed by atoms with van der Waals surface area (Å²) in [6, 6.07) is 0. The molecule has 0 spiro atoms. The SMILES string of the molecule is CCCC(C(=N)N)C(=O)O. The third-order valence-electron chi connectivity index (χ3n) is 1.25. The van der Waals surface area contributed by atoms with Gasteiger partial charge in [0.15, 0.2) is 0 Å². The Hall–Kier alpha value is -1.06. The van der Waals surface area contributed by atoms with Gasteiger partial charge in [-0.1, -0.05) is 13.3 Å². The van der Waals surface area contributed by atoms with Crippen molar-refractivity contribution in [2.24, 2.45) is 11.7 Å². The molecule has 0 heterocycles. The molecule has 0 saturated carbocycles. The summed E-state index contributed by atoms with van der Waals surface area (Å²) in [4.78, 5) is 10.3. The Balaban J connectivity index is 3.98. The van der Waals surface area contributed by atoms with Crippen LogP contribution in [-0.2, 0) is 4.79 Å². The van der Waals surface area contributed by atoms with E-state index in [1.54, 1.807) is 0 Å². The fraction of sp³-hybridized carbons (Fsp3) is 0.667. The Bertz CT molecular complexity index is 131. The maximum absolute atomic E-state index is 10.3. The molecule has 0 radical (unpaired) electrons. The molecule has 4 heteroatoms. The third-order valence-corrected chi connectivity index (χ3v) is 1.25. The molecule has 0 aliphatic rings. The summed E-state index contributed by atoms with van der Waals surface area (Å²) in [5.74, 6) is -2.05. The lowest BCUT2D eigenvalue weighted by molar-refractivity contribution is -0.139. The van der Waals surface area contributed by atoms with Crippen molar-refractivity contribution in [3.05, 3.63) is 0 Å². The average molecular weight is 144 g/mol. The van der Waals surface area contributed by atoms with Crippen molar-refractivity contribution in [1.82, 2.24) is 0 Å². The minimum Gasteiger partial charge on any atom is -0.481 e. The number of hydrogen-bond donors (Lipinski definition) is 3. The van der Waals surface area contributed by atoms with Crippen molar-refractivity contribution in [2.75, 3.05) is 0 Å². The van der Waals surface area contributed by atoms with Crippen molar-refractivity contribution in [1.29, 1.82) is 5.41 Å². The summed E-state index contributed by atoms with van der Waals surface area (Å²) >= 11 is 0. The lowest BCUT2D eigenvalue weighted by Crippen LogP contribution is -2.29. The summed E-state index contributed by atoms with van der Waals surface area (Å²) in [6.45, 7) is 1.86. The summed E-state index contributed by atoms with van der Waals surface area (Å²) in [5.41, 5.74) is 5.03. The first kappa shape index (κ1) is 8.94. The van der Waals surface area contributed by atoms with Gasteiger partial charge in [0.25, 0.3) is 0 Å². The number of carboxylic acid groups (broad SMARTS) is 1. The number of hydrogen-bond acceptors (Lipinski definition) is 2. The topological polar surface area (TPSA) is 87.2 Å². The van der Waals surface area contributed by atoms with Crippen molar-refractivity contribution in [3.8, 4) is 0 Å². The first-order valence-electron chi connectivity index (χ1n) is 3.16. The van der Waals surface area contributed by atoms with Crippen molar-refractivity contribution in [2.45, 2.75) is 19.8 Å². The first-order chi connectivity index (χ1) is 4.59. The van der Waals surface area contributed by atoms with E-state index in [-0.39, 0.29) is 5.84 Å². The maximum atomic E-state index is 10.3. The van der Waals surface area contributed by atoms with Crippen LogP contribution in [0.3, 0.4) is 0 Å². The van der Waals surface area contributed by atoms with E-state index in [9.17, 15) is 4.79 Å². The Labute approximate surface area is 59.5 Å². The van der Waals surface area contributed by atoms with Crippen LogP contribution >= 0.6 is 0 Å². The quantitative estimate of drug-likeness (QED) is 0.394. The zero-order chi connectivity index (χ0) is 8.15. The van der Waals surface area contributed by atoms with E-state index in [1.165, 1.54) is 0 Å². The molecule has 0 aromatic carbocycles. The molecule has 58 valence electrons. The highest BCUT2D eigenvalue weighted by Crippen LogP contribution is 2.04. The number of carboxylic acids is 1. The molecule has 0 amide bonds. The average Bonchev–Trinajstić information content (AvgIpc) is 1.81. The van der Waals surface area contributed by atoms with E-state index in [1.807, 2.05) is 6.92 Å². The van der Waals surface area contributed by atoms with E-state index in [2.05, 4.69) is 0 Å². The molecule has 4 nitrogen and oxygen atoms in total. The molecule has 1 unspecified atom stereocenters. The number of aliphatic carboxylic acids is 1. The van der Waals surface area contributed by atoms with Gasteiger partial charge in [0.1, 0.15) is 11.8 Å². The van der Waals surface area contributed by atoms with Crippen molar-refractivity contribution < 1.29 is 9.90 Å². The predicted molar refractivity (Wildman–Crippen MR) is 37.9 cm³/mol. The first-order valence-corrected chi connectivity index (χ1v) is 3.16. The fourth-order valence-corrected chi connectivity index (χ4v) is 0.701. The van der Waals surface area contributed by atoms with Gasteiger partial charge in [-0.05, 0) is 6.42 Å². The second kappa shape index (κ2) is 3.87. The highest BCUT2D eigenvalue weighted by molar-refractivity contribution is 5.97. The van der Waals surface area contributed by atoms with E-state index in [0.717, 1.165) is 6.42 Å². The van der Waals surface area contributed by atoms with E-state index in [0.29, 0.717) is 6.42 Å². The van der Waals surface area contributed by atoms with Gasteiger partial charge < -0.3 is 10.8 Å². The van der Waals surface area contributed by atoms with Gasteiger partial charge >= 0.3 is 5.97 Å². The molecule has 4 N–H and O–H groups in total. The Morgan fingerprint density at radius 3 is 2.40 bits per heavy atom. The van der Waals surface area contributed by atoms with Crippen LogP contribution in [0.15, 0.2) is 0 Å². The lowest BCUT2D eigenvalue weighted by Gasteiger charge is -2.07. The van der Waals surface area contributed by atoms with Crippen molar-refractivity contribution in [3.63, 3.8) is 0 Å². The Kier molecular flexibility index (Phi) is 3.46. The summed E-state index contributed by atoms with van der Waals surface area (Å²) < 4.78 is 0. The molecule has 0 rings (SSSR count). The van der Waals surface area contributed by atoms with Crippen LogP contribution in [0, 0.1) is 11.3 Å². The molecule has 0 aliphatic heterocycles. The van der Waals surface area contributed by atoms with Gasteiger partial charge in [-0.2, -0.15) is 0 Å². The van der Waals surface area contributed by atoms with Gasteiger partial charge in [-0.3, -0.25) is 10.2 Å². The largest absolute Gasteiger partial charge is 0.481 e. The highest BCUT2D eigenvalue weighted by Gasteiger charge is 2.18. The number of rotatable bonds is 4. The molecular formula is C6H12N2O2. The molecule has 1 atom stereocenters. The lowest BCUT2D eigenvalue weighted by atomic mass is 10.0. The normalized spacial score (nSPS) is 12.5. The van der Waals surface area contributed by atoms with Crippen LogP contribution in [0.4, 0.5) is 0 Å². The minimum atomic E-state index is -1.01. The second-order valence-electron chi connectivity index (χ2n) is 2.13. The zero-order valence-electron chi connectivity index (χ0n) is 5.92. The van der Waals surface area contributed by atoms with E-state index >= 15 is 0 Å². The van der Waals surface area contributed by atoms with Crippen LogP contribution < -0.4 is 5.73 Å². The summed E-state index contributed by atoms with van der Waals surface area (Å²) in [5, 5.41) is 15.3. The Morgan fingerprint density at radius 2 is 2.30 bits per heavy atom. The van der Waals surface area contributed by atoms with Crippen LogP contribution in [0.2, 0.25) is 0 Å². The van der Waals surface area contributed by atoms with Gasteiger partial charge in [-0.25, -0.2) is 0 Å². The number of nitrogens with one attached hydrogen (secondary N) is 1. The summed E-state index contributed by atoms with van der Waals surface area (Å²) in [6.07, 6.45) is 1.18. The number of carbonyl (C=O) groups is 1.